The molecule has 0 bridgehead atoms. The Bertz CT molecular complexity index is 781. The van der Waals surface area contributed by atoms with Crippen LogP contribution in [0.4, 0.5) is 5.69 Å². The quantitative estimate of drug-likeness (QED) is 0.708. The van der Waals surface area contributed by atoms with Crippen LogP contribution in [0.15, 0.2) is 46.7 Å². The van der Waals surface area contributed by atoms with Crippen LogP contribution in [0.1, 0.15) is 5.69 Å². The number of nitrogens with zero attached hydrogens (tertiary/aromatic N) is 2. The highest BCUT2D eigenvalue weighted by atomic mass is 127. The fourth-order valence-corrected chi connectivity index (χ4v) is 3.09. The number of anilines is 1. The van der Waals surface area contributed by atoms with Gasteiger partial charge >= 0.3 is 0 Å². The second kappa shape index (κ2) is 5.30. The van der Waals surface area contributed by atoms with E-state index in [1.165, 1.54) is 11.3 Å². The van der Waals surface area contributed by atoms with E-state index in [0.717, 1.165) is 19.9 Å². The van der Waals surface area contributed by atoms with Gasteiger partial charge in [0.2, 0.25) is 0 Å². The molecule has 1 aromatic carbocycles. The lowest BCUT2D eigenvalue weighted by Gasteiger charge is -2.07. The van der Waals surface area contributed by atoms with Gasteiger partial charge in [0.05, 0.1) is 12.2 Å². The number of benzene rings is 1. The molecule has 0 saturated heterocycles. The van der Waals surface area contributed by atoms with Crippen molar-refractivity contribution in [1.29, 1.82) is 0 Å². The zero-order valence-corrected chi connectivity index (χ0v) is 12.8. The van der Waals surface area contributed by atoms with Crippen molar-refractivity contribution >= 4 is 44.6 Å². The van der Waals surface area contributed by atoms with Crippen LogP contribution >= 0.6 is 33.9 Å². The van der Waals surface area contributed by atoms with Gasteiger partial charge < -0.3 is 5.32 Å². The molecule has 19 heavy (non-hydrogen) atoms. The average molecular weight is 383 g/mol. The van der Waals surface area contributed by atoms with E-state index in [1.54, 1.807) is 16.7 Å². The van der Waals surface area contributed by atoms with Crippen molar-refractivity contribution in [2.45, 2.75) is 6.54 Å². The number of nitrogens with one attached hydrogen (secondary N) is 1. The third-order valence-corrected chi connectivity index (χ3v) is 4.39. The first kappa shape index (κ1) is 12.6. The van der Waals surface area contributed by atoms with E-state index in [0.29, 0.717) is 6.54 Å². The predicted molar refractivity (Wildman–Crippen MR) is 85.8 cm³/mol. The summed E-state index contributed by atoms with van der Waals surface area (Å²) in [6.45, 7) is 0.545. The van der Waals surface area contributed by atoms with Crippen LogP contribution in [0.5, 0.6) is 0 Å². The standard InChI is InChI=1S/C13H10IN3OS/c14-10-3-1-2-4-11(10)15-8-9-7-12(18)17-5-6-19-13(17)16-9/h1-7,15H,8H2. The summed E-state index contributed by atoms with van der Waals surface area (Å²) >= 11 is 3.74. The minimum atomic E-state index is -0.0363. The molecular weight excluding hydrogens is 373 g/mol. The summed E-state index contributed by atoms with van der Waals surface area (Å²) in [5, 5.41) is 5.16. The monoisotopic (exact) mass is 383 g/mol. The molecule has 0 amide bonds. The molecule has 4 nitrogen and oxygen atoms in total. The molecule has 0 spiro atoms. The Balaban J connectivity index is 1.86. The molecule has 0 aliphatic rings. The molecule has 0 fully saturated rings. The molecule has 0 radical (unpaired) electrons. The Hall–Kier alpha value is -1.41. The van der Waals surface area contributed by atoms with Crippen molar-refractivity contribution in [3.63, 3.8) is 0 Å². The van der Waals surface area contributed by atoms with Crippen LogP contribution in [-0.2, 0) is 6.54 Å². The molecule has 0 aliphatic carbocycles. The van der Waals surface area contributed by atoms with Gasteiger partial charge in [-0.15, -0.1) is 11.3 Å². The topological polar surface area (TPSA) is 46.4 Å². The maximum atomic E-state index is 11.8. The van der Waals surface area contributed by atoms with Gasteiger partial charge in [0.15, 0.2) is 4.96 Å². The maximum Gasteiger partial charge on any atom is 0.258 e. The number of fused-ring (bicyclic) bond motifs is 1. The maximum absolute atomic E-state index is 11.8. The third-order valence-electron chi connectivity index (χ3n) is 2.69. The van der Waals surface area contributed by atoms with E-state index in [-0.39, 0.29) is 5.56 Å². The summed E-state index contributed by atoms with van der Waals surface area (Å²) < 4.78 is 2.70. The molecule has 0 aliphatic heterocycles. The largest absolute Gasteiger partial charge is 0.379 e. The predicted octanol–water partition coefficient (Wildman–Crippen LogP) is 2.97. The summed E-state index contributed by atoms with van der Waals surface area (Å²) in [4.78, 5) is 17.0. The number of para-hydroxylation sites is 1. The second-order valence-electron chi connectivity index (χ2n) is 3.97. The molecule has 2 aromatic heterocycles. The minimum Gasteiger partial charge on any atom is -0.379 e. The average Bonchev–Trinajstić information content (AvgIpc) is 2.87. The van der Waals surface area contributed by atoms with Crippen molar-refractivity contribution in [3.05, 3.63) is 61.5 Å². The molecular formula is C13H10IN3OS. The first-order chi connectivity index (χ1) is 9.24. The van der Waals surface area contributed by atoms with Gasteiger partial charge in [-0.1, -0.05) is 12.1 Å². The molecule has 2 heterocycles. The van der Waals surface area contributed by atoms with E-state index in [9.17, 15) is 4.79 Å². The van der Waals surface area contributed by atoms with E-state index >= 15 is 0 Å². The Morgan fingerprint density at radius 3 is 3.05 bits per heavy atom. The number of hydrogen-bond acceptors (Lipinski definition) is 4. The molecule has 0 atom stereocenters. The zero-order valence-electron chi connectivity index (χ0n) is 9.84. The van der Waals surface area contributed by atoms with Gasteiger partial charge in [-0.05, 0) is 34.7 Å². The lowest BCUT2D eigenvalue weighted by Crippen LogP contribution is -2.14. The van der Waals surface area contributed by atoms with Gasteiger partial charge in [-0.3, -0.25) is 9.20 Å². The highest BCUT2D eigenvalue weighted by Gasteiger charge is 2.04. The van der Waals surface area contributed by atoms with Crippen LogP contribution in [0.3, 0.4) is 0 Å². The minimum absolute atomic E-state index is 0.0363. The summed E-state index contributed by atoms with van der Waals surface area (Å²) in [5.74, 6) is 0. The lowest BCUT2D eigenvalue weighted by molar-refractivity contribution is 0.989. The van der Waals surface area contributed by atoms with Crippen molar-refractivity contribution < 1.29 is 0 Å². The first-order valence-corrected chi connectivity index (χ1v) is 7.64. The van der Waals surface area contributed by atoms with E-state index in [2.05, 4.69) is 32.9 Å². The number of rotatable bonds is 3. The van der Waals surface area contributed by atoms with Crippen molar-refractivity contribution in [2.24, 2.45) is 0 Å². The van der Waals surface area contributed by atoms with Gasteiger partial charge in [-0.2, -0.15) is 0 Å². The van der Waals surface area contributed by atoms with E-state index in [4.69, 9.17) is 0 Å². The summed E-state index contributed by atoms with van der Waals surface area (Å²) in [5.41, 5.74) is 1.77. The van der Waals surface area contributed by atoms with Crippen LogP contribution in [0, 0.1) is 3.57 Å². The summed E-state index contributed by atoms with van der Waals surface area (Å²) in [6.07, 6.45) is 1.74. The molecule has 1 N–H and O–H groups in total. The smallest absolute Gasteiger partial charge is 0.258 e. The van der Waals surface area contributed by atoms with Gasteiger partial charge in [0.25, 0.3) is 5.56 Å². The number of aromatic nitrogens is 2. The zero-order chi connectivity index (χ0) is 13.2. The Kier molecular flexibility index (Phi) is 3.52. The number of hydrogen-bond donors (Lipinski definition) is 1. The molecule has 0 saturated carbocycles. The SMILES string of the molecule is O=c1cc(CNc2ccccc2I)nc2sccn12. The first-order valence-electron chi connectivity index (χ1n) is 5.68. The Labute approximate surface area is 127 Å². The summed E-state index contributed by atoms with van der Waals surface area (Å²) in [7, 11) is 0. The normalized spacial score (nSPS) is 10.8. The van der Waals surface area contributed by atoms with E-state index in [1.807, 2.05) is 29.6 Å². The van der Waals surface area contributed by atoms with Crippen molar-refractivity contribution in [3.8, 4) is 0 Å². The molecule has 3 aromatic rings. The van der Waals surface area contributed by atoms with Crippen LogP contribution in [-0.4, -0.2) is 9.38 Å². The fourth-order valence-electron chi connectivity index (χ4n) is 1.77. The highest BCUT2D eigenvalue weighted by molar-refractivity contribution is 14.1. The Morgan fingerprint density at radius 1 is 1.37 bits per heavy atom. The van der Waals surface area contributed by atoms with Crippen LogP contribution in [0.2, 0.25) is 0 Å². The van der Waals surface area contributed by atoms with Crippen molar-refractivity contribution in [2.75, 3.05) is 5.32 Å². The van der Waals surface area contributed by atoms with Gasteiger partial charge in [-0.25, -0.2) is 4.98 Å². The van der Waals surface area contributed by atoms with Gasteiger partial charge in [0.1, 0.15) is 0 Å². The number of thiazole rings is 1. The third kappa shape index (κ3) is 2.64. The summed E-state index contributed by atoms with van der Waals surface area (Å²) in [6, 6.07) is 9.60. The lowest BCUT2D eigenvalue weighted by atomic mass is 10.3. The number of halogens is 1. The van der Waals surface area contributed by atoms with Gasteiger partial charge in [0, 0.05) is 26.9 Å². The molecule has 3 rings (SSSR count). The fraction of sp³-hybridized carbons (Fsp3) is 0.0769. The van der Waals surface area contributed by atoms with Crippen molar-refractivity contribution in [1.82, 2.24) is 9.38 Å². The molecule has 0 unspecified atom stereocenters. The second-order valence-corrected chi connectivity index (χ2v) is 6.01. The van der Waals surface area contributed by atoms with E-state index < -0.39 is 0 Å². The molecule has 6 heteroatoms. The van der Waals surface area contributed by atoms with Crippen LogP contribution in [0.25, 0.3) is 4.96 Å². The highest BCUT2D eigenvalue weighted by Crippen LogP contribution is 2.17. The van der Waals surface area contributed by atoms with Crippen LogP contribution < -0.4 is 10.9 Å². The molecule has 96 valence electrons. The Morgan fingerprint density at radius 2 is 2.21 bits per heavy atom.